The molecule has 1 saturated heterocycles. The maximum atomic E-state index is 10.9. The SMILES string of the molecule is CCC(NCC1CCN(C)C1)C(N)=O. The van der Waals surface area contributed by atoms with Crippen molar-refractivity contribution in [2.45, 2.75) is 25.8 Å². The molecule has 2 unspecified atom stereocenters. The monoisotopic (exact) mass is 199 g/mol. The van der Waals surface area contributed by atoms with Gasteiger partial charge in [0.05, 0.1) is 6.04 Å². The molecular formula is C10H21N3O. The van der Waals surface area contributed by atoms with Crippen LogP contribution in [0.15, 0.2) is 0 Å². The van der Waals surface area contributed by atoms with E-state index in [-0.39, 0.29) is 11.9 Å². The van der Waals surface area contributed by atoms with E-state index in [1.165, 1.54) is 13.0 Å². The Balaban J connectivity index is 2.22. The predicted molar refractivity (Wildman–Crippen MR) is 56.9 cm³/mol. The lowest BCUT2D eigenvalue weighted by Crippen LogP contribution is -2.43. The van der Waals surface area contributed by atoms with Crippen LogP contribution in [0, 0.1) is 5.92 Å². The van der Waals surface area contributed by atoms with Crippen LogP contribution in [0.2, 0.25) is 0 Å². The van der Waals surface area contributed by atoms with Crippen LogP contribution in [-0.4, -0.2) is 43.5 Å². The van der Waals surface area contributed by atoms with Crippen molar-refractivity contribution in [2.75, 3.05) is 26.7 Å². The number of nitrogens with zero attached hydrogens (tertiary/aromatic N) is 1. The van der Waals surface area contributed by atoms with Crippen LogP contribution in [0.3, 0.4) is 0 Å². The number of primary amides is 1. The van der Waals surface area contributed by atoms with Crippen LogP contribution in [-0.2, 0) is 4.79 Å². The Bertz CT molecular complexity index is 196. The topological polar surface area (TPSA) is 58.4 Å². The second-order valence-electron chi connectivity index (χ2n) is 4.19. The molecule has 4 nitrogen and oxygen atoms in total. The summed E-state index contributed by atoms with van der Waals surface area (Å²) in [6.45, 7) is 5.18. The first-order valence-corrected chi connectivity index (χ1v) is 5.34. The highest BCUT2D eigenvalue weighted by molar-refractivity contribution is 5.79. The summed E-state index contributed by atoms with van der Waals surface area (Å²) >= 11 is 0. The van der Waals surface area contributed by atoms with Gasteiger partial charge >= 0.3 is 0 Å². The first-order chi connectivity index (χ1) is 6.63. The van der Waals surface area contributed by atoms with Crippen molar-refractivity contribution in [2.24, 2.45) is 11.7 Å². The van der Waals surface area contributed by atoms with Gasteiger partial charge in [-0.05, 0) is 38.9 Å². The Labute approximate surface area is 85.8 Å². The minimum Gasteiger partial charge on any atom is -0.368 e. The molecule has 1 heterocycles. The van der Waals surface area contributed by atoms with Crippen LogP contribution in [0.5, 0.6) is 0 Å². The number of hydrogen-bond donors (Lipinski definition) is 2. The van der Waals surface area contributed by atoms with E-state index >= 15 is 0 Å². The van der Waals surface area contributed by atoms with Crippen LogP contribution >= 0.6 is 0 Å². The Morgan fingerprint density at radius 2 is 2.43 bits per heavy atom. The Hall–Kier alpha value is -0.610. The smallest absolute Gasteiger partial charge is 0.234 e. The fourth-order valence-electron chi connectivity index (χ4n) is 1.95. The summed E-state index contributed by atoms with van der Waals surface area (Å²) < 4.78 is 0. The van der Waals surface area contributed by atoms with Crippen molar-refractivity contribution in [3.63, 3.8) is 0 Å². The molecule has 14 heavy (non-hydrogen) atoms. The molecule has 1 amide bonds. The number of likely N-dealkylation sites (tertiary alicyclic amines) is 1. The van der Waals surface area contributed by atoms with Crippen LogP contribution in [0.25, 0.3) is 0 Å². The molecule has 2 atom stereocenters. The summed E-state index contributed by atoms with van der Waals surface area (Å²) in [7, 11) is 2.13. The zero-order chi connectivity index (χ0) is 10.6. The molecule has 1 rings (SSSR count). The van der Waals surface area contributed by atoms with Gasteiger partial charge in [-0.2, -0.15) is 0 Å². The molecule has 0 saturated carbocycles. The van der Waals surface area contributed by atoms with Crippen molar-refractivity contribution in [3.8, 4) is 0 Å². The summed E-state index contributed by atoms with van der Waals surface area (Å²) in [6.07, 6.45) is 2.00. The molecule has 1 aliphatic heterocycles. The van der Waals surface area contributed by atoms with Crippen molar-refractivity contribution in [1.82, 2.24) is 10.2 Å². The number of nitrogens with one attached hydrogen (secondary N) is 1. The third-order valence-corrected chi connectivity index (χ3v) is 2.89. The number of hydrogen-bond acceptors (Lipinski definition) is 3. The minimum absolute atomic E-state index is 0.152. The number of amides is 1. The van der Waals surface area contributed by atoms with E-state index in [1.807, 2.05) is 6.92 Å². The number of carbonyl (C=O) groups excluding carboxylic acids is 1. The molecule has 0 bridgehead atoms. The molecule has 0 aromatic heterocycles. The van der Waals surface area contributed by atoms with E-state index in [1.54, 1.807) is 0 Å². The molecule has 3 N–H and O–H groups in total. The second-order valence-corrected chi connectivity index (χ2v) is 4.19. The van der Waals surface area contributed by atoms with Gasteiger partial charge in [0.15, 0.2) is 0 Å². The van der Waals surface area contributed by atoms with Crippen molar-refractivity contribution in [1.29, 1.82) is 0 Å². The minimum atomic E-state index is -0.237. The maximum absolute atomic E-state index is 10.9. The lowest BCUT2D eigenvalue weighted by Gasteiger charge is -2.16. The third-order valence-electron chi connectivity index (χ3n) is 2.89. The fourth-order valence-corrected chi connectivity index (χ4v) is 1.95. The summed E-state index contributed by atoms with van der Waals surface area (Å²) in [4.78, 5) is 13.3. The van der Waals surface area contributed by atoms with E-state index in [0.717, 1.165) is 19.5 Å². The molecule has 0 radical (unpaired) electrons. The van der Waals surface area contributed by atoms with Crippen molar-refractivity contribution < 1.29 is 4.79 Å². The zero-order valence-electron chi connectivity index (χ0n) is 9.12. The van der Waals surface area contributed by atoms with Gasteiger partial charge < -0.3 is 16.0 Å². The van der Waals surface area contributed by atoms with Crippen LogP contribution in [0.1, 0.15) is 19.8 Å². The first kappa shape index (κ1) is 11.5. The average molecular weight is 199 g/mol. The van der Waals surface area contributed by atoms with E-state index in [2.05, 4.69) is 17.3 Å². The predicted octanol–water partition coefficient (Wildman–Crippen LogP) is -0.208. The normalized spacial score (nSPS) is 25.1. The number of nitrogens with two attached hydrogens (primary N) is 1. The lowest BCUT2D eigenvalue weighted by molar-refractivity contribution is -0.120. The van der Waals surface area contributed by atoms with Gasteiger partial charge in [0.2, 0.25) is 5.91 Å². The van der Waals surface area contributed by atoms with Crippen LogP contribution in [0.4, 0.5) is 0 Å². The van der Waals surface area contributed by atoms with Gasteiger partial charge in [0, 0.05) is 6.54 Å². The molecule has 4 heteroatoms. The second kappa shape index (κ2) is 5.32. The highest BCUT2D eigenvalue weighted by Crippen LogP contribution is 2.13. The van der Waals surface area contributed by atoms with Crippen molar-refractivity contribution in [3.05, 3.63) is 0 Å². The van der Waals surface area contributed by atoms with Gasteiger partial charge in [-0.15, -0.1) is 0 Å². The van der Waals surface area contributed by atoms with Crippen LogP contribution < -0.4 is 11.1 Å². The number of carbonyl (C=O) groups is 1. The van der Waals surface area contributed by atoms with Gasteiger partial charge in [0.25, 0.3) is 0 Å². The summed E-state index contributed by atoms with van der Waals surface area (Å²) in [5.74, 6) is 0.437. The largest absolute Gasteiger partial charge is 0.368 e. The van der Waals surface area contributed by atoms with Crippen molar-refractivity contribution >= 4 is 5.91 Å². The quantitative estimate of drug-likeness (QED) is 0.644. The molecular weight excluding hydrogens is 178 g/mol. The molecule has 0 aromatic carbocycles. The first-order valence-electron chi connectivity index (χ1n) is 5.34. The molecule has 0 spiro atoms. The molecule has 0 aromatic rings. The third kappa shape index (κ3) is 3.27. The summed E-state index contributed by atoms with van der Waals surface area (Å²) in [5.41, 5.74) is 5.25. The molecule has 1 aliphatic rings. The van der Waals surface area contributed by atoms with E-state index in [0.29, 0.717) is 5.92 Å². The standard InChI is InChI=1S/C10H21N3O/c1-3-9(10(11)14)12-6-8-4-5-13(2)7-8/h8-9,12H,3-7H2,1-2H3,(H2,11,14). The summed E-state index contributed by atoms with van der Waals surface area (Å²) in [5, 5.41) is 3.23. The highest BCUT2D eigenvalue weighted by Gasteiger charge is 2.21. The Kier molecular flexibility index (Phi) is 4.35. The molecule has 82 valence electrons. The highest BCUT2D eigenvalue weighted by atomic mass is 16.1. The Morgan fingerprint density at radius 1 is 1.71 bits per heavy atom. The lowest BCUT2D eigenvalue weighted by atomic mass is 10.1. The molecule has 1 fully saturated rings. The maximum Gasteiger partial charge on any atom is 0.234 e. The van der Waals surface area contributed by atoms with E-state index in [9.17, 15) is 4.79 Å². The van der Waals surface area contributed by atoms with E-state index in [4.69, 9.17) is 5.73 Å². The van der Waals surface area contributed by atoms with Gasteiger partial charge in [-0.1, -0.05) is 6.92 Å². The number of rotatable bonds is 5. The van der Waals surface area contributed by atoms with E-state index < -0.39 is 0 Å². The molecule has 0 aliphatic carbocycles. The average Bonchev–Trinajstić information content (AvgIpc) is 2.52. The van der Waals surface area contributed by atoms with Gasteiger partial charge in [-0.3, -0.25) is 4.79 Å². The Morgan fingerprint density at radius 3 is 2.86 bits per heavy atom. The van der Waals surface area contributed by atoms with Gasteiger partial charge in [-0.25, -0.2) is 0 Å². The zero-order valence-corrected chi connectivity index (χ0v) is 9.12. The van der Waals surface area contributed by atoms with Gasteiger partial charge in [0.1, 0.15) is 0 Å². The fraction of sp³-hybridized carbons (Fsp3) is 0.900. The summed E-state index contributed by atoms with van der Waals surface area (Å²) in [6, 6.07) is -0.152.